The normalized spacial score (nSPS) is 17.7. The van der Waals surface area contributed by atoms with E-state index in [1.165, 1.54) is 12.1 Å². The lowest BCUT2D eigenvalue weighted by Crippen LogP contribution is -2.41. The van der Waals surface area contributed by atoms with Crippen molar-refractivity contribution in [2.24, 2.45) is 0 Å². The molecule has 1 unspecified atom stereocenters. The van der Waals surface area contributed by atoms with Crippen molar-refractivity contribution >= 4 is 5.91 Å². The van der Waals surface area contributed by atoms with Crippen molar-refractivity contribution in [2.45, 2.75) is 25.8 Å². The van der Waals surface area contributed by atoms with Gasteiger partial charge in [-0.15, -0.1) is 0 Å². The van der Waals surface area contributed by atoms with Gasteiger partial charge in [-0.1, -0.05) is 0 Å². The number of rotatable bonds is 4. The highest BCUT2D eigenvalue weighted by Crippen LogP contribution is 2.22. The highest BCUT2D eigenvalue weighted by Gasteiger charge is 2.30. The number of hydrogen-bond acceptors (Lipinski definition) is 3. The number of nitrogens with zero attached hydrogens (tertiary/aromatic N) is 3. The fourth-order valence-electron chi connectivity index (χ4n) is 3.17. The first-order valence-corrected chi connectivity index (χ1v) is 7.88. The molecule has 6 heteroatoms. The van der Waals surface area contributed by atoms with E-state index in [-0.39, 0.29) is 17.8 Å². The van der Waals surface area contributed by atoms with Crippen LogP contribution in [-0.4, -0.2) is 46.8 Å². The molecule has 2 heterocycles. The van der Waals surface area contributed by atoms with E-state index < -0.39 is 0 Å². The molecule has 0 spiro atoms. The lowest BCUT2D eigenvalue weighted by molar-refractivity contribution is 0.0736. The van der Waals surface area contributed by atoms with Crippen LogP contribution in [-0.2, 0) is 0 Å². The van der Waals surface area contributed by atoms with Gasteiger partial charge in [-0.25, -0.2) is 9.07 Å². The van der Waals surface area contributed by atoms with E-state index in [2.05, 4.69) is 10.4 Å². The summed E-state index contributed by atoms with van der Waals surface area (Å²) < 4.78 is 14.7. The molecule has 1 atom stereocenters. The monoisotopic (exact) mass is 316 g/mol. The van der Waals surface area contributed by atoms with Crippen LogP contribution < -0.4 is 5.32 Å². The van der Waals surface area contributed by atoms with Crippen molar-refractivity contribution in [2.75, 3.05) is 20.1 Å². The predicted molar refractivity (Wildman–Crippen MR) is 86.2 cm³/mol. The Morgan fingerprint density at radius 2 is 2.13 bits per heavy atom. The summed E-state index contributed by atoms with van der Waals surface area (Å²) in [6.45, 7) is 3.45. The Labute approximate surface area is 135 Å². The van der Waals surface area contributed by atoms with Gasteiger partial charge in [0.05, 0.1) is 23.1 Å². The average molecular weight is 316 g/mol. The lowest BCUT2D eigenvalue weighted by Gasteiger charge is -2.24. The van der Waals surface area contributed by atoms with Crippen molar-refractivity contribution in [1.29, 1.82) is 0 Å². The second kappa shape index (κ2) is 6.50. The third kappa shape index (κ3) is 2.99. The molecule has 122 valence electrons. The maximum atomic E-state index is 13.1. The Bertz CT molecular complexity index is 695. The fourth-order valence-corrected chi connectivity index (χ4v) is 3.17. The number of halogens is 1. The molecule has 1 amide bonds. The Kier molecular flexibility index (Phi) is 4.43. The maximum Gasteiger partial charge on any atom is 0.257 e. The van der Waals surface area contributed by atoms with E-state index >= 15 is 0 Å². The quantitative estimate of drug-likeness (QED) is 0.940. The number of likely N-dealkylation sites (tertiary alicyclic amines) is 1. The zero-order valence-corrected chi connectivity index (χ0v) is 13.4. The fraction of sp³-hybridized carbons (Fsp3) is 0.412. The molecule has 5 nitrogen and oxygen atoms in total. The van der Waals surface area contributed by atoms with Crippen LogP contribution in [0.5, 0.6) is 0 Å². The first-order valence-electron chi connectivity index (χ1n) is 7.88. The molecule has 2 aromatic rings. The standard InChI is InChI=1S/C17H21FN4O/c1-12-16(17(23)21-9-3-4-15(21)10-19-2)11-20-22(12)14-7-5-13(18)6-8-14/h5-8,11,15,19H,3-4,9-10H2,1-2H3. The lowest BCUT2D eigenvalue weighted by atomic mass is 10.2. The third-order valence-corrected chi connectivity index (χ3v) is 4.39. The van der Waals surface area contributed by atoms with Crippen LogP contribution in [0.3, 0.4) is 0 Å². The summed E-state index contributed by atoms with van der Waals surface area (Å²) in [6, 6.07) is 6.33. The summed E-state index contributed by atoms with van der Waals surface area (Å²) in [4.78, 5) is 14.8. The molecule has 1 N–H and O–H groups in total. The van der Waals surface area contributed by atoms with Gasteiger partial charge < -0.3 is 10.2 Å². The highest BCUT2D eigenvalue weighted by atomic mass is 19.1. The summed E-state index contributed by atoms with van der Waals surface area (Å²) in [7, 11) is 1.90. The van der Waals surface area contributed by atoms with E-state index in [0.717, 1.165) is 37.3 Å². The molecule has 1 aliphatic rings. The topological polar surface area (TPSA) is 50.2 Å². The Morgan fingerprint density at radius 1 is 1.39 bits per heavy atom. The van der Waals surface area contributed by atoms with Gasteiger partial charge in [0.2, 0.25) is 0 Å². The zero-order valence-electron chi connectivity index (χ0n) is 13.4. The van der Waals surface area contributed by atoms with E-state index in [0.29, 0.717) is 5.56 Å². The average Bonchev–Trinajstić information content (AvgIpc) is 3.15. The van der Waals surface area contributed by atoms with Crippen molar-refractivity contribution in [3.63, 3.8) is 0 Å². The van der Waals surface area contributed by atoms with Gasteiger partial charge in [0.15, 0.2) is 0 Å². The second-order valence-electron chi connectivity index (χ2n) is 5.88. The zero-order chi connectivity index (χ0) is 16.4. The van der Waals surface area contributed by atoms with Crippen LogP contribution in [0.4, 0.5) is 4.39 Å². The molecular weight excluding hydrogens is 295 g/mol. The van der Waals surface area contributed by atoms with Gasteiger partial charge in [-0.05, 0) is 51.1 Å². The van der Waals surface area contributed by atoms with E-state index in [1.54, 1.807) is 23.0 Å². The Hall–Kier alpha value is -2.21. The minimum atomic E-state index is -0.290. The first kappa shape index (κ1) is 15.7. The molecule has 23 heavy (non-hydrogen) atoms. The molecule has 1 fully saturated rings. The molecule has 0 bridgehead atoms. The van der Waals surface area contributed by atoms with Crippen LogP contribution in [0.25, 0.3) is 5.69 Å². The van der Waals surface area contributed by atoms with E-state index in [4.69, 9.17) is 0 Å². The minimum Gasteiger partial charge on any atom is -0.334 e. The van der Waals surface area contributed by atoms with E-state index in [1.807, 2.05) is 18.9 Å². The molecule has 1 aromatic heterocycles. The van der Waals surface area contributed by atoms with Crippen LogP contribution in [0.2, 0.25) is 0 Å². The molecule has 1 aliphatic heterocycles. The molecule has 0 aliphatic carbocycles. The summed E-state index contributed by atoms with van der Waals surface area (Å²) in [5.74, 6) is -0.268. The minimum absolute atomic E-state index is 0.0219. The summed E-state index contributed by atoms with van der Waals surface area (Å²) >= 11 is 0. The van der Waals surface area contributed by atoms with Crippen molar-refractivity contribution in [3.8, 4) is 5.69 Å². The van der Waals surface area contributed by atoms with Gasteiger partial charge in [-0.3, -0.25) is 4.79 Å². The smallest absolute Gasteiger partial charge is 0.257 e. The maximum absolute atomic E-state index is 13.1. The summed E-state index contributed by atoms with van der Waals surface area (Å²) in [6.07, 6.45) is 3.66. The highest BCUT2D eigenvalue weighted by molar-refractivity contribution is 5.95. The van der Waals surface area contributed by atoms with Crippen LogP contribution in [0, 0.1) is 12.7 Å². The number of carbonyl (C=O) groups is 1. The Balaban J connectivity index is 1.86. The van der Waals surface area contributed by atoms with Crippen LogP contribution >= 0.6 is 0 Å². The number of likely N-dealkylation sites (N-methyl/N-ethyl adjacent to an activating group) is 1. The SMILES string of the molecule is CNCC1CCCN1C(=O)c1cnn(-c2ccc(F)cc2)c1C. The van der Waals surface area contributed by atoms with Gasteiger partial charge in [-0.2, -0.15) is 5.10 Å². The molecule has 1 aromatic carbocycles. The molecule has 3 rings (SSSR count). The van der Waals surface area contributed by atoms with Gasteiger partial charge in [0, 0.05) is 19.1 Å². The van der Waals surface area contributed by atoms with Crippen molar-refractivity contribution in [1.82, 2.24) is 20.0 Å². The van der Waals surface area contributed by atoms with Gasteiger partial charge >= 0.3 is 0 Å². The predicted octanol–water partition coefficient (Wildman–Crippen LogP) is 2.14. The largest absolute Gasteiger partial charge is 0.334 e. The Morgan fingerprint density at radius 3 is 2.83 bits per heavy atom. The number of aromatic nitrogens is 2. The number of amides is 1. The van der Waals surface area contributed by atoms with Gasteiger partial charge in [0.1, 0.15) is 5.82 Å². The molecule has 0 radical (unpaired) electrons. The van der Waals surface area contributed by atoms with Crippen LogP contribution in [0.1, 0.15) is 28.9 Å². The summed E-state index contributed by atoms with van der Waals surface area (Å²) in [5.41, 5.74) is 2.13. The molecule has 1 saturated heterocycles. The van der Waals surface area contributed by atoms with Crippen molar-refractivity contribution in [3.05, 3.63) is 47.5 Å². The third-order valence-electron chi connectivity index (χ3n) is 4.39. The first-order chi connectivity index (χ1) is 11.1. The van der Waals surface area contributed by atoms with Crippen molar-refractivity contribution < 1.29 is 9.18 Å². The van der Waals surface area contributed by atoms with E-state index in [9.17, 15) is 9.18 Å². The molecule has 0 saturated carbocycles. The second-order valence-corrected chi connectivity index (χ2v) is 5.88. The van der Waals surface area contributed by atoms with Crippen LogP contribution in [0.15, 0.2) is 30.5 Å². The number of benzene rings is 1. The summed E-state index contributed by atoms with van der Waals surface area (Å²) in [5, 5.41) is 7.46. The number of hydrogen-bond donors (Lipinski definition) is 1. The number of carbonyl (C=O) groups excluding carboxylic acids is 1. The number of nitrogens with one attached hydrogen (secondary N) is 1. The molecular formula is C17H21FN4O. The van der Waals surface area contributed by atoms with Gasteiger partial charge in [0.25, 0.3) is 5.91 Å².